The first kappa shape index (κ1) is 11.9. The Labute approximate surface area is 94.8 Å². The fourth-order valence-corrected chi connectivity index (χ4v) is 1.77. The summed E-state index contributed by atoms with van der Waals surface area (Å²) in [6, 6.07) is 0. The number of hydrogen-bond acceptors (Lipinski definition) is 8. The van der Waals surface area contributed by atoms with Crippen LogP contribution in [0.1, 0.15) is 11.7 Å². The van der Waals surface area contributed by atoms with E-state index in [1.54, 1.807) is 0 Å². The molecule has 1 saturated heterocycles. The number of hydrogen-bond donors (Lipinski definition) is 5. The van der Waals surface area contributed by atoms with E-state index in [0.29, 0.717) is 0 Å². The predicted molar refractivity (Wildman–Crippen MR) is 53.8 cm³/mol. The van der Waals surface area contributed by atoms with Gasteiger partial charge in [-0.05, 0) is 0 Å². The number of aromatic amines is 1. The molecule has 0 aliphatic carbocycles. The Balaban J connectivity index is 2.39. The van der Waals surface area contributed by atoms with Crippen LogP contribution in [-0.4, -0.2) is 55.6 Å². The van der Waals surface area contributed by atoms with E-state index in [2.05, 4.69) is 15.4 Å². The predicted octanol–water partition coefficient (Wildman–Crippen LogP) is -3.10. The molecule has 94 valence electrons. The van der Waals surface area contributed by atoms with Crippen molar-refractivity contribution in [2.75, 3.05) is 12.3 Å². The monoisotopic (exact) mass is 244 g/mol. The molecule has 1 aliphatic rings. The van der Waals surface area contributed by atoms with E-state index in [4.69, 9.17) is 15.6 Å². The first-order chi connectivity index (χ1) is 8.06. The third kappa shape index (κ3) is 1.89. The molecule has 0 saturated carbocycles. The SMILES string of the molecule is Nc1nn[nH]c(=O)c1[C@@H]1O[C@H](CO)[C@H](O)[C@@H]1O. The Hall–Kier alpha value is -1.55. The molecule has 0 aromatic carbocycles. The van der Waals surface area contributed by atoms with Crippen LogP contribution in [0.4, 0.5) is 5.82 Å². The quantitative estimate of drug-likeness (QED) is 0.366. The van der Waals surface area contributed by atoms with E-state index in [1.165, 1.54) is 0 Å². The summed E-state index contributed by atoms with van der Waals surface area (Å²) in [7, 11) is 0. The first-order valence-corrected chi connectivity index (χ1v) is 4.89. The molecular weight excluding hydrogens is 232 g/mol. The van der Waals surface area contributed by atoms with Crippen molar-refractivity contribution in [1.29, 1.82) is 0 Å². The van der Waals surface area contributed by atoms with Crippen LogP contribution < -0.4 is 11.3 Å². The zero-order valence-corrected chi connectivity index (χ0v) is 8.65. The minimum absolute atomic E-state index is 0.109. The molecule has 9 nitrogen and oxygen atoms in total. The maximum absolute atomic E-state index is 11.5. The maximum Gasteiger partial charge on any atom is 0.275 e. The van der Waals surface area contributed by atoms with Gasteiger partial charge in [-0.1, -0.05) is 5.21 Å². The lowest BCUT2D eigenvalue weighted by Gasteiger charge is -2.14. The van der Waals surface area contributed by atoms with Gasteiger partial charge in [0.25, 0.3) is 5.56 Å². The largest absolute Gasteiger partial charge is 0.394 e. The highest BCUT2D eigenvalue weighted by Gasteiger charge is 2.45. The van der Waals surface area contributed by atoms with Gasteiger partial charge in [0.1, 0.15) is 24.4 Å². The zero-order valence-electron chi connectivity index (χ0n) is 8.65. The Bertz CT molecular complexity index is 463. The number of anilines is 1. The van der Waals surface area contributed by atoms with Gasteiger partial charge in [-0.15, -0.1) is 5.10 Å². The molecule has 4 atom stereocenters. The molecule has 0 spiro atoms. The number of nitrogen functional groups attached to an aromatic ring is 1. The smallest absolute Gasteiger partial charge is 0.275 e. The molecule has 0 unspecified atom stereocenters. The number of nitrogens with one attached hydrogen (secondary N) is 1. The summed E-state index contributed by atoms with van der Waals surface area (Å²) in [5, 5.41) is 36.9. The number of H-pyrrole nitrogens is 1. The number of nitrogens with two attached hydrogens (primary N) is 1. The van der Waals surface area contributed by atoms with Crippen LogP contribution in [0.3, 0.4) is 0 Å². The second kappa shape index (κ2) is 4.37. The summed E-state index contributed by atoms with van der Waals surface area (Å²) in [5.41, 5.74) is 4.70. The Kier molecular flexibility index (Phi) is 3.07. The van der Waals surface area contributed by atoms with Crippen molar-refractivity contribution >= 4 is 5.82 Å². The lowest BCUT2D eigenvalue weighted by molar-refractivity contribution is -0.0230. The Morgan fingerprint density at radius 2 is 2.12 bits per heavy atom. The summed E-state index contributed by atoms with van der Waals surface area (Å²) >= 11 is 0. The molecule has 9 heteroatoms. The number of ether oxygens (including phenoxy) is 1. The standard InChI is InChI=1S/C8H12N4O5/c9-7-3(8(16)11-12-10-7)6-5(15)4(14)2(1-13)17-6/h2,4-6,13-15H,1H2,(H3,9,10,11,16)/t2-,4+,5+,6+/m1/s1. The van der Waals surface area contributed by atoms with Crippen LogP contribution in [0, 0.1) is 0 Å². The number of nitrogens with zero attached hydrogens (tertiary/aromatic N) is 2. The highest BCUT2D eigenvalue weighted by Crippen LogP contribution is 2.33. The van der Waals surface area contributed by atoms with Gasteiger partial charge in [-0.3, -0.25) is 4.79 Å². The molecule has 17 heavy (non-hydrogen) atoms. The summed E-state index contributed by atoms with van der Waals surface area (Å²) in [5.74, 6) is -0.191. The van der Waals surface area contributed by atoms with E-state index in [9.17, 15) is 15.0 Å². The van der Waals surface area contributed by atoms with Crippen molar-refractivity contribution in [3.05, 3.63) is 15.9 Å². The van der Waals surface area contributed by atoms with Crippen molar-refractivity contribution in [3.63, 3.8) is 0 Å². The first-order valence-electron chi connectivity index (χ1n) is 4.89. The van der Waals surface area contributed by atoms with Gasteiger partial charge in [-0.2, -0.15) is 0 Å². The molecule has 1 aliphatic heterocycles. The molecule has 0 radical (unpaired) electrons. The minimum atomic E-state index is -1.36. The van der Waals surface area contributed by atoms with Gasteiger partial charge < -0.3 is 25.8 Å². The molecule has 1 fully saturated rings. The average Bonchev–Trinajstić information content (AvgIpc) is 2.57. The Morgan fingerprint density at radius 1 is 1.41 bits per heavy atom. The fourth-order valence-electron chi connectivity index (χ4n) is 1.77. The summed E-state index contributed by atoms with van der Waals surface area (Å²) < 4.78 is 5.17. The Morgan fingerprint density at radius 3 is 2.65 bits per heavy atom. The second-order valence-electron chi connectivity index (χ2n) is 3.70. The molecule has 1 aromatic heterocycles. The van der Waals surface area contributed by atoms with Crippen LogP contribution in [0.2, 0.25) is 0 Å². The number of rotatable bonds is 2. The minimum Gasteiger partial charge on any atom is -0.394 e. The molecule has 0 amide bonds. The highest BCUT2D eigenvalue weighted by molar-refractivity contribution is 5.38. The normalized spacial score (nSPS) is 32.9. The number of aromatic nitrogens is 3. The number of aliphatic hydroxyl groups excluding tert-OH is 3. The molecule has 2 heterocycles. The van der Waals surface area contributed by atoms with Gasteiger partial charge in [0.05, 0.1) is 12.2 Å². The topological polar surface area (TPSA) is 155 Å². The summed E-state index contributed by atoms with van der Waals surface area (Å²) in [6.07, 6.45) is -4.76. The molecule has 0 bridgehead atoms. The van der Waals surface area contributed by atoms with Gasteiger partial charge in [0, 0.05) is 0 Å². The van der Waals surface area contributed by atoms with E-state index in [1.807, 2.05) is 0 Å². The van der Waals surface area contributed by atoms with Crippen LogP contribution >= 0.6 is 0 Å². The third-order valence-electron chi connectivity index (χ3n) is 2.66. The van der Waals surface area contributed by atoms with E-state index in [-0.39, 0.29) is 11.4 Å². The van der Waals surface area contributed by atoms with Crippen molar-refractivity contribution in [1.82, 2.24) is 15.4 Å². The average molecular weight is 244 g/mol. The van der Waals surface area contributed by atoms with Gasteiger partial charge >= 0.3 is 0 Å². The molecular formula is C8H12N4O5. The van der Waals surface area contributed by atoms with Crippen LogP contribution in [0.15, 0.2) is 4.79 Å². The third-order valence-corrected chi connectivity index (χ3v) is 2.66. The summed E-state index contributed by atoms with van der Waals surface area (Å²) in [4.78, 5) is 11.5. The van der Waals surface area contributed by atoms with Crippen LogP contribution in [0.25, 0.3) is 0 Å². The second-order valence-corrected chi connectivity index (χ2v) is 3.70. The van der Waals surface area contributed by atoms with Crippen LogP contribution in [0.5, 0.6) is 0 Å². The lowest BCUT2D eigenvalue weighted by Crippen LogP contribution is -2.33. The molecule has 2 rings (SSSR count). The molecule has 1 aromatic rings. The van der Waals surface area contributed by atoms with Crippen molar-refractivity contribution in [3.8, 4) is 0 Å². The van der Waals surface area contributed by atoms with Gasteiger partial charge in [0.15, 0.2) is 5.82 Å². The van der Waals surface area contributed by atoms with E-state index in [0.717, 1.165) is 0 Å². The van der Waals surface area contributed by atoms with Crippen molar-refractivity contribution in [2.45, 2.75) is 24.4 Å². The van der Waals surface area contributed by atoms with Crippen molar-refractivity contribution in [2.24, 2.45) is 0 Å². The van der Waals surface area contributed by atoms with Crippen molar-refractivity contribution < 1.29 is 20.1 Å². The van der Waals surface area contributed by atoms with Gasteiger partial charge in [-0.25, -0.2) is 5.10 Å². The van der Waals surface area contributed by atoms with Crippen LogP contribution in [-0.2, 0) is 4.74 Å². The lowest BCUT2D eigenvalue weighted by atomic mass is 10.0. The van der Waals surface area contributed by atoms with E-state index < -0.39 is 36.6 Å². The zero-order chi connectivity index (χ0) is 12.6. The van der Waals surface area contributed by atoms with E-state index >= 15 is 0 Å². The molecule has 6 N–H and O–H groups in total. The van der Waals surface area contributed by atoms with Gasteiger partial charge in [0.2, 0.25) is 0 Å². The maximum atomic E-state index is 11.5. The fraction of sp³-hybridized carbons (Fsp3) is 0.625. The summed E-state index contributed by atoms with van der Waals surface area (Å²) in [6.45, 7) is -0.481. The highest BCUT2D eigenvalue weighted by atomic mass is 16.6. The number of aliphatic hydroxyl groups is 3.